The number of hydrogen-bond acceptors (Lipinski definition) is 4. The summed E-state index contributed by atoms with van der Waals surface area (Å²) in [6.07, 6.45) is -0.256. The predicted octanol–water partition coefficient (Wildman–Crippen LogP) is 3.51. The second kappa shape index (κ2) is 10.5. The van der Waals surface area contributed by atoms with Crippen LogP contribution in [0, 0.1) is 0 Å². The predicted molar refractivity (Wildman–Crippen MR) is 105 cm³/mol. The topological polar surface area (TPSA) is 76.7 Å². The summed E-state index contributed by atoms with van der Waals surface area (Å²) >= 11 is 5.95. The standard InChI is InChI=1S/C20H23ClN2O4/c1-3-18(27-15-8-6-7-14(21)13-15)20(25)23-17-10-5-4-9-16(17)19(24)22-11-12-26-2/h4-10,13,18H,3,11-12H2,1-2H3,(H,22,24)(H,23,25)/t18-/m1/s1. The summed E-state index contributed by atoms with van der Waals surface area (Å²) in [7, 11) is 1.56. The second-order valence-corrected chi connectivity index (χ2v) is 6.19. The average molecular weight is 391 g/mol. The number of nitrogens with one attached hydrogen (secondary N) is 2. The molecule has 0 radical (unpaired) electrons. The summed E-state index contributed by atoms with van der Waals surface area (Å²) in [6.45, 7) is 2.64. The minimum atomic E-state index is -0.715. The molecular weight excluding hydrogens is 368 g/mol. The number of benzene rings is 2. The molecule has 0 aliphatic carbocycles. The molecule has 0 unspecified atom stereocenters. The lowest BCUT2D eigenvalue weighted by atomic mass is 10.1. The van der Waals surface area contributed by atoms with Crippen LogP contribution in [0.1, 0.15) is 23.7 Å². The fourth-order valence-corrected chi connectivity index (χ4v) is 2.57. The molecule has 2 amide bonds. The fraction of sp³-hybridized carbons (Fsp3) is 0.300. The summed E-state index contributed by atoms with van der Waals surface area (Å²) < 4.78 is 10.7. The summed E-state index contributed by atoms with van der Waals surface area (Å²) in [5.74, 6) is -0.114. The van der Waals surface area contributed by atoms with Crippen LogP contribution in [0.15, 0.2) is 48.5 Å². The van der Waals surface area contributed by atoms with Crippen LogP contribution in [0.2, 0.25) is 5.02 Å². The fourth-order valence-electron chi connectivity index (χ4n) is 2.39. The molecule has 0 heterocycles. The Labute approximate surface area is 163 Å². The zero-order valence-electron chi connectivity index (χ0n) is 15.3. The monoisotopic (exact) mass is 390 g/mol. The molecule has 0 aliphatic heterocycles. The van der Waals surface area contributed by atoms with Crippen LogP contribution in [0.4, 0.5) is 5.69 Å². The summed E-state index contributed by atoms with van der Waals surface area (Å²) in [4.78, 5) is 25.0. The molecule has 0 bridgehead atoms. The zero-order valence-corrected chi connectivity index (χ0v) is 16.1. The molecule has 0 spiro atoms. The van der Waals surface area contributed by atoms with Gasteiger partial charge in [0.05, 0.1) is 17.9 Å². The van der Waals surface area contributed by atoms with E-state index >= 15 is 0 Å². The minimum Gasteiger partial charge on any atom is -0.481 e. The Morgan fingerprint density at radius 3 is 2.63 bits per heavy atom. The van der Waals surface area contributed by atoms with Crippen molar-refractivity contribution in [2.45, 2.75) is 19.4 Å². The Balaban J connectivity index is 2.08. The first-order chi connectivity index (χ1) is 13.0. The van der Waals surface area contributed by atoms with Gasteiger partial charge in [-0.3, -0.25) is 9.59 Å². The first-order valence-corrected chi connectivity index (χ1v) is 9.02. The normalized spacial score (nSPS) is 11.5. The van der Waals surface area contributed by atoms with Crippen LogP contribution < -0.4 is 15.4 Å². The number of ether oxygens (including phenoxy) is 2. The van der Waals surface area contributed by atoms with Crippen molar-refractivity contribution >= 4 is 29.1 Å². The molecule has 0 aromatic heterocycles. The molecule has 1 atom stereocenters. The van der Waals surface area contributed by atoms with E-state index < -0.39 is 6.10 Å². The molecule has 0 aliphatic rings. The van der Waals surface area contributed by atoms with Gasteiger partial charge >= 0.3 is 0 Å². The van der Waals surface area contributed by atoms with Gasteiger partial charge in [0.1, 0.15) is 5.75 Å². The molecule has 0 saturated heterocycles. The third-order valence-electron chi connectivity index (χ3n) is 3.76. The molecule has 2 aromatic rings. The maximum Gasteiger partial charge on any atom is 0.265 e. The molecule has 27 heavy (non-hydrogen) atoms. The number of amides is 2. The van der Waals surface area contributed by atoms with E-state index in [1.807, 2.05) is 6.92 Å². The molecule has 2 N–H and O–H groups in total. The average Bonchev–Trinajstić information content (AvgIpc) is 2.66. The zero-order chi connectivity index (χ0) is 19.6. The summed E-state index contributed by atoms with van der Waals surface area (Å²) in [6, 6.07) is 13.7. The Bertz CT molecular complexity index is 782. The Kier molecular flexibility index (Phi) is 8.10. The van der Waals surface area contributed by atoms with Crippen molar-refractivity contribution in [3.05, 3.63) is 59.1 Å². The molecule has 2 aromatic carbocycles. The number of anilines is 1. The molecule has 7 heteroatoms. The van der Waals surface area contributed by atoms with Crippen molar-refractivity contribution in [1.29, 1.82) is 0 Å². The van der Waals surface area contributed by atoms with Gasteiger partial charge in [0, 0.05) is 18.7 Å². The van der Waals surface area contributed by atoms with Crippen LogP contribution in [0.5, 0.6) is 5.75 Å². The van der Waals surface area contributed by atoms with E-state index in [0.717, 1.165) is 0 Å². The van der Waals surface area contributed by atoms with Crippen molar-refractivity contribution < 1.29 is 19.1 Å². The van der Waals surface area contributed by atoms with Gasteiger partial charge < -0.3 is 20.1 Å². The maximum atomic E-state index is 12.6. The van der Waals surface area contributed by atoms with Crippen LogP contribution in [0.3, 0.4) is 0 Å². The highest BCUT2D eigenvalue weighted by atomic mass is 35.5. The molecule has 6 nitrogen and oxygen atoms in total. The molecule has 144 valence electrons. The smallest absolute Gasteiger partial charge is 0.265 e. The van der Waals surface area contributed by atoms with E-state index in [4.69, 9.17) is 21.1 Å². The van der Waals surface area contributed by atoms with E-state index in [2.05, 4.69) is 10.6 Å². The third kappa shape index (κ3) is 6.27. The van der Waals surface area contributed by atoms with E-state index in [1.165, 1.54) is 0 Å². The molecule has 2 rings (SSSR count). The van der Waals surface area contributed by atoms with Crippen molar-refractivity contribution in [2.24, 2.45) is 0 Å². The maximum absolute atomic E-state index is 12.6. The molecule has 0 saturated carbocycles. The second-order valence-electron chi connectivity index (χ2n) is 5.76. The number of rotatable bonds is 9. The lowest BCUT2D eigenvalue weighted by molar-refractivity contribution is -0.122. The number of hydrogen-bond donors (Lipinski definition) is 2. The first-order valence-electron chi connectivity index (χ1n) is 8.64. The number of para-hydroxylation sites is 1. The van der Waals surface area contributed by atoms with Crippen molar-refractivity contribution in [3.8, 4) is 5.75 Å². The van der Waals surface area contributed by atoms with Crippen molar-refractivity contribution in [3.63, 3.8) is 0 Å². The SMILES string of the molecule is CC[C@@H](Oc1cccc(Cl)c1)C(=O)Nc1ccccc1C(=O)NCCOC. The summed E-state index contributed by atoms with van der Waals surface area (Å²) in [5.41, 5.74) is 0.796. The highest BCUT2D eigenvalue weighted by Crippen LogP contribution is 2.21. The van der Waals surface area contributed by atoms with Crippen LogP contribution in [-0.2, 0) is 9.53 Å². The van der Waals surface area contributed by atoms with Gasteiger partial charge in [-0.2, -0.15) is 0 Å². The lowest BCUT2D eigenvalue weighted by Gasteiger charge is -2.18. The highest BCUT2D eigenvalue weighted by molar-refractivity contribution is 6.30. The van der Waals surface area contributed by atoms with Crippen molar-refractivity contribution in [1.82, 2.24) is 5.32 Å². The van der Waals surface area contributed by atoms with Gasteiger partial charge in [0.25, 0.3) is 11.8 Å². The lowest BCUT2D eigenvalue weighted by Crippen LogP contribution is -2.34. The van der Waals surface area contributed by atoms with E-state index in [0.29, 0.717) is 41.6 Å². The van der Waals surface area contributed by atoms with Gasteiger partial charge in [-0.05, 0) is 36.8 Å². The van der Waals surface area contributed by atoms with Crippen LogP contribution >= 0.6 is 11.6 Å². The van der Waals surface area contributed by atoms with Gasteiger partial charge in [0.15, 0.2) is 6.10 Å². The molecule has 0 fully saturated rings. The van der Waals surface area contributed by atoms with Crippen LogP contribution in [-0.4, -0.2) is 38.2 Å². The number of carbonyl (C=O) groups is 2. The van der Waals surface area contributed by atoms with E-state index in [-0.39, 0.29) is 11.8 Å². The third-order valence-corrected chi connectivity index (χ3v) is 3.99. The van der Waals surface area contributed by atoms with E-state index in [1.54, 1.807) is 55.6 Å². The van der Waals surface area contributed by atoms with Gasteiger partial charge in [0.2, 0.25) is 0 Å². The highest BCUT2D eigenvalue weighted by Gasteiger charge is 2.21. The Morgan fingerprint density at radius 1 is 1.15 bits per heavy atom. The Morgan fingerprint density at radius 2 is 1.93 bits per heavy atom. The van der Waals surface area contributed by atoms with Gasteiger partial charge in [-0.15, -0.1) is 0 Å². The quantitative estimate of drug-likeness (QED) is 0.642. The Hall–Kier alpha value is -2.57. The number of carbonyl (C=O) groups excluding carboxylic acids is 2. The largest absolute Gasteiger partial charge is 0.481 e. The summed E-state index contributed by atoms with van der Waals surface area (Å²) in [5, 5.41) is 6.05. The van der Waals surface area contributed by atoms with Gasteiger partial charge in [-0.1, -0.05) is 36.7 Å². The molecular formula is C20H23ClN2O4. The van der Waals surface area contributed by atoms with Crippen molar-refractivity contribution in [2.75, 3.05) is 25.6 Å². The number of methoxy groups -OCH3 is 1. The number of halogens is 1. The first kappa shape index (κ1) is 20.7. The van der Waals surface area contributed by atoms with Gasteiger partial charge in [-0.25, -0.2) is 0 Å². The minimum absolute atomic E-state index is 0.285. The van der Waals surface area contributed by atoms with Crippen LogP contribution in [0.25, 0.3) is 0 Å². The van der Waals surface area contributed by atoms with E-state index in [9.17, 15) is 9.59 Å².